The van der Waals surface area contributed by atoms with Gasteiger partial charge < -0.3 is 15.2 Å². The molecule has 0 bridgehead atoms. The van der Waals surface area contributed by atoms with E-state index in [1.54, 1.807) is 13.8 Å². The fourth-order valence-electron chi connectivity index (χ4n) is 1.97. The zero-order valence-corrected chi connectivity index (χ0v) is 10.6. The second-order valence-electron chi connectivity index (χ2n) is 4.76. The van der Waals surface area contributed by atoms with Crippen molar-refractivity contribution in [2.75, 3.05) is 13.1 Å². The van der Waals surface area contributed by atoms with Crippen molar-refractivity contribution in [3.8, 4) is 0 Å². The quantitative estimate of drug-likeness (QED) is 0.568. The Hall–Kier alpha value is -2.38. The van der Waals surface area contributed by atoms with Crippen molar-refractivity contribution in [3.05, 3.63) is 32.6 Å². The average Bonchev–Trinajstić information content (AvgIpc) is 2.32. The normalized spacial score (nSPS) is 18.0. The van der Waals surface area contributed by atoms with Crippen molar-refractivity contribution < 1.29 is 9.59 Å². The Morgan fingerprint density at radius 2 is 2.00 bits per heavy atom. The van der Waals surface area contributed by atoms with Gasteiger partial charge in [-0.1, -0.05) is 0 Å². The van der Waals surface area contributed by atoms with Gasteiger partial charge in [0, 0.05) is 19.3 Å². The van der Waals surface area contributed by atoms with Gasteiger partial charge in [-0.3, -0.25) is 19.4 Å². The smallest absolute Gasteiger partial charge is 0.325 e. The molecule has 0 unspecified atom stereocenters. The van der Waals surface area contributed by atoms with Crippen molar-refractivity contribution in [2.45, 2.75) is 19.4 Å². The van der Waals surface area contributed by atoms with Gasteiger partial charge in [0.1, 0.15) is 11.1 Å². The predicted octanol–water partition coefficient (Wildman–Crippen LogP) is -1.59. The first kappa shape index (κ1) is 13.1. The van der Waals surface area contributed by atoms with Gasteiger partial charge in [0.15, 0.2) is 0 Å². The molecule has 3 N–H and O–H groups in total. The van der Waals surface area contributed by atoms with Crippen LogP contribution >= 0.6 is 0 Å². The molecule has 1 aliphatic heterocycles. The Balaban J connectivity index is 2.41. The van der Waals surface area contributed by atoms with Gasteiger partial charge in [-0.05, 0) is 13.8 Å². The summed E-state index contributed by atoms with van der Waals surface area (Å²) in [6, 6.07) is 0. The minimum absolute atomic E-state index is 0.192. The number of aromatic amines is 2. The lowest BCUT2D eigenvalue weighted by atomic mass is 9.98. The minimum atomic E-state index is -1.04. The number of carbonyl (C=O) groups is 2. The highest BCUT2D eigenvalue weighted by molar-refractivity contribution is 5.99. The maximum absolute atomic E-state index is 12.3. The van der Waals surface area contributed by atoms with Gasteiger partial charge in [0.25, 0.3) is 11.5 Å². The van der Waals surface area contributed by atoms with Gasteiger partial charge in [0.2, 0.25) is 5.91 Å². The van der Waals surface area contributed by atoms with Gasteiger partial charge >= 0.3 is 5.69 Å². The minimum Gasteiger partial charge on any atom is -0.352 e. The first-order chi connectivity index (χ1) is 8.84. The molecule has 19 heavy (non-hydrogen) atoms. The van der Waals surface area contributed by atoms with Crippen LogP contribution in [0.25, 0.3) is 0 Å². The third-order valence-electron chi connectivity index (χ3n) is 3.15. The Kier molecular flexibility index (Phi) is 3.01. The molecule has 0 spiro atoms. The van der Waals surface area contributed by atoms with Crippen LogP contribution in [0.5, 0.6) is 0 Å². The standard InChI is InChI=1S/C11H14N4O4/c1-11(2)9(18)12-3-4-15(11)8(17)6-5-13-10(19)14-7(6)16/h5H,3-4H2,1-2H3,(H,12,18)(H2,13,14,16,19). The van der Waals surface area contributed by atoms with Crippen LogP contribution in [-0.2, 0) is 4.79 Å². The third kappa shape index (κ3) is 2.16. The molecule has 2 rings (SSSR count). The van der Waals surface area contributed by atoms with Crippen molar-refractivity contribution >= 4 is 11.8 Å². The highest BCUT2D eigenvalue weighted by Gasteiger charge is 2.41. The second kappa shape index (κ2) is 4.38. The Morgan fingerprint density at radius 3 is 2.63 bits per heavy atom. The van der Waals surface area contributed by atoms with Crippen molar-refractivity contribution in [1.29, 1.82) is 0 Å². The van der Waals surface area contributed by atoms with Crippen molar-refractivity contribution in [1.82, 2.24) is 20.2 Å². The number of carbonyl (C=O) groups excluding carboxylic acids is 2. The number of rotatable bonds is 1. The summed E-state index contributed by atoms with van der Waals surface area (Å²) in [6.45, 7) is 3.82. The maximum atomic E-state index is 12.3. The molecule has 8 nitrogen and oxygen atoms in total. The molecule has 1 saturated heterocycles. The summed E-state index contributed by atoms with van der Waals surface area (Å²) >= 11 is 0. The lowest BCUT2D eigenvalue weighted by Crippen LogP contribution is -2.63. The van der Waals surface area contributed by atoms with Crippen LogP contribution in [0.2, 0.25) is 0 Å². The van der Waals surface area contributed by atoms with Gasteiger partial charge in [0.05, 0.1) is 0 Å². The Morgan fingerprint density at radius 1 is 1.32 bits per heavy atom. The monoisotopic (exact) mass is 266 g/mol. The van der Waals surface area contributed by atoms with E-state index in [1.165, 1.54) is 4.90 Å². The molecule has 0 aromatic carbocycles. The summed E-state index contributed by atoms with van der Waals surface area (Å²) in [5.74, 6) is -0.870. The zero-order chi connectivity index (χ0) is 14.2. The Labute approximate surface area is 107 Å². The largest absolute Gasteiger partial charge is 0.352 e. The number of H-pyrrole nitrogens is 2. The SMILES string of the molecule is CC1(C)C(=O)NCCN1C(=O)c1c[nH]c(=O)[nH]c1=O. The van der Waals surface area contributed by atoms with Crippen LogP contribution in [-0.4, -0.2) is 45.3 Å². The van der Waals surface area contributed by atoms with E-state index in [0.717, 1.165) is 6.20 Å². The van der Waals surface area contributed by atoms with E-state index in [0.29, 0.717) is 13.1 Å². The number of nitrogens with one attached hydrogen (secondary N) is 3. The number of hydrogen-bond acceptors (Lipinski definition) is 4. The van der Waals surface area contributed by atoms with E-state index in [2.05, 4.69) is 10.3 Å². The predicted molar refractivity (Wildman–Crippen MR) is 65.8 cm³/mol. The lowest BCUT2D eigenvalue weighted by molar-refractivity contribution is -0.133. The summed E-state index contributed by atoms with van der Waals surface area (Å²) in [4.78, 5) is 52.1. The average molecular weight is 266 g/mol. The second-order valence-corrected chi connectivity index (χ2v) is 4.76. The van der Waals surface area contributed by atoms with E-state index in [1.807, 2.05) is 4.98 Å². The molecule has 0 aliphatic carbocycles. The molecule has 1 aromatic heterocycles. The van der Waals surface area contributed by atoms with E-state index in [9.17, 15) is 19.2 Å². The molecule has 2 heterocycles. The molecule has 0 saturated carbocycles. The number of nitrogens with zero attached hydrogens (tertiary/aromatic N) is 1. The molecule has 8 heteroatoms. The molecular weight excluding hydrogens is 252 g/mol. The number of amides is 2. The first-order valence-electron chi connectivity index (χ1n) is 5.76. The summed E-state index contributed by atoms with van der Waals surface area (Å²) < 4.78 is 0. The van der Waals surface area contributed by atoms with Crippen LogP contribution in [0.15, 0.2) is 15.8 Å². The molecule has 1 fully saturated rings. The highest BCUT2D eigenvalue weighted by atomic mass is 16.2. The molecule has 0 radical (unpaired) electrons. The van der Waals surface area contributed by atoms with Crippen LogP contribution in [0, 0.1) is 0 Å². The summed E-state index contributed by atoms with van der Waals surface area (Å²) in [5, 5.41) is 2.66. The highest BCUT2D eigenvalue weighted by Crippen LogP contribution is 2.19. The molecule has 102 valence electrons. The van der Waals surface area contributed by atoms with Crippen LogP contribution in [0.3, 0.4) is 0 Å². The van der Waals surface area contributed by atoms with Gasteiger partial charge in [-0.2, -0.15) is 0 Å². The number of hydrogen-bond donors (Lipinski definition) is 3. The fourth-order valence-corrected chi connectivity index (χ4v) is 1.97. The molecule has 2 amide bonds. The molecule has 1 aliphatic rings. The first-order valence-corrected chi connectivity index (χ1v) is 5.76. The number of piperazine rings is 1. The van der Waals surface area contributed by atoms with Gasteiger partial charge in [-0.25, -0.2) is 4.79 Å². The molecule has 0 atom stereocenters. The van der Waals surface area contributed by atoms with E-state index < -0.39 is 22.7 Å². The maximum Gasteiger partial charge on any atom is 0.325 e. The fraction of sp³-hybridized carbons (Fsp3) is 0.455. The summed E-state index contributed by atoms with van der Waals surface area (Å²) in [5.41, 5.74) is -2.69. The van der Waals surface area contributed by atoms with Crippen LogP contribution in [0.4, 0.5) is 0 Å². The lowest BCUT2D eigenvalue weighted by Gasteiger charge is -2.40. The number of aromatic nitrogens is 2. The summed E-state index contributed by atoms with van der Waals surface area (Å²) in [7, 11) is 0. The van der Waals surface area contributed by atoms with E-state index in [4.69, 9.17) is 0 Å². The Bertz CT molecular complexity index is 643. The van der Waals surface area contributed by atoms with Crippen molar-refractivity contribution in [3.63, 3.8) is 0 Å². The molecular formula is C11H14N4O4. The van der Waals surface area contributed by atoms with Gasteiger partial charge in [-0.15, -0.1) is 0 Å². The van der Waals surface area contributed by atoms with Crippen LogP contribution in [0.1, 0.15) is 24.2 Å². The summed E-state index contributed by atoms with van der Waals surface area (Å²) in [6.07, 6.45) is 1.06. The van der Waals surface area contributed by atoms with E-state index >= 15 is 0 Å². The van der Waals surface area contributed by atoms with Crippen LogP contribution < -0.4 is 16.6 Å². The molecule has 1 aromatic rings. The zero-order valence-electron chi connectivity index (χ0n) is 10.6. The van der Waals surface area contributed by atoms with E-state index in [-0.39, 0.29) is 11.5 Å². The topological polar surface area (TPSA) is 115 Å². The van der Waals surface area contributed by atoms with Crippen molar-refractivity contribution in [2.24, 2.45) is 0 Å². The third-order valence-corrected chi connectivity index (χ3v) is 3.15.